The van der Waals surface area contributed by atoms with E-state index < -0.39 is 11.2 Å². The maximum absolute atomic E-state index is 12.5. The number of rotatable bonds is 4. The molecular weight excluding hydrogens is 372 g/mol. The molecule has 0 saturated carbocycles. The van der Waals surface area contributed by atoms with Crippen LogP contribution in [0.5, 0.6) is 0 Å². The lowest BCUT2D eigenvalue weighted by molar-refractivity contribution is -0.126. The number of benzene rings is 1. The topological polar surface area (TPSA) is 84.6 Å². The summed E-state index contributed by atoms with van der Waals surface area (Å²) in [5.41, 5.74) is 1.14. The third-order valence-electron chi connectivity index (χ3n) is 5.11. The molecule has 1 saturated heterocycles. The number of ketones is 1. The summed E-state index contributed by atoms with van der Waals surface area (Å²) in [6.45, 7) is 4.02. The monoisotopic (exact) mass is 396 g/mol. The van der Waals surface area contributed by atoms with Crippen LogP contribution in [0.1, 0.15) is 22.8 Å². The Balaban J connectivity index is 1.63. The number of hydrogen-bond donors (Lipinski definition) is 0. The van der Waals surface area contributed by atoms with E-state index in [1.807, 2.05) is 24.3 Å². The third-order valence-corrected chi connectivity index (χ3v) is 5.11. The van der Waals surface area contributed by atoms with Crippen LogP contribution in [0.15, 0.2) is 46.1 Å². The molecule has 29 heavy (non-hydrogen) atoms. The van der Waals surface area contributed by atoms with E-state index in [0.29, 0.717) is 31.7 Å². The van der Waals surface area contributed by atoms with Gasteiger partial charge in [-0.15, -0.1) is 0 Å². The van der Waals surface area contributed by atoms with Crippen molar-refractivity contribution in [3.8, 4) is 0 Å². The van der Waals surface area contributed by atoms with Gasteiger partial charge in [0, 0.05) is 63.8 Å². The minimum Gasteiger partial charge on any atom is -0.368 e. The Bertz CT molecular complexity index is 1070. The van der Waals surface area contributed by atoms with Crippen molar-refractivity contribution in [3.05, 3.63) is 68.5 Å². The molecular formula is C21H24N4O4. The first-order valence-corrected chi connectivity index (χ1v) is 9.37. The fourth-order valence-electron chi connectivity index (χ4n) is 3.31. The largest absolute Gasteiger partial charge is 0.368 e. The van der Waals surface area contributed by atoms with Crippen LogP contribution in [0.25, 0.3) is 6.08 Å². The Labute approximate surface area is 168 Å². The average molecular weight is 396 g/mol. The van der Waals surface area contributed by atoms with Crippen LogP contribution in [0.2, 0.25) is 0 Å². The highest BCUT2D eigenvalue weighted by molar-refractivity contribution is 5.94. The van der Waals surface area contributed by atoms with Gasteiger partial charge in [0.25, 0.3) is 5.56 Å². The predicted octanol–water partition coefficient (Wildman–Crippen LogP) is 0.649. The van der Waals surface area contributed by atoms with Crippen molar-refractivity contribution >= 4 is 23.5 Å². The lowest BCUT2D eigenvalue weighted by Gasteiger charge is -2.35. The van der Waals surface area contributed by atoms with Crippen LogP contribution in [0, 0.1) is 0 Å². The predicted molar refractivity (Wildman–Crippen MR) is 111 cm³/mol. The Kier molecular flexibility index (Phi) is 5.81. The summed E-state index contributed by atoms with van der Waals surface area (Å²) in [6, 6.07) is 7.46. The van der Waals surface area contributed by atoms with Crippen LogP contribution in [0.3, 0.4) is 0 Å². The number of aromatic nitrogens is 2. The zero-order valence-corrected chi connectivity index (χ0v) is 16.8. The molecule has 1 amide bonds. The highest BCUT2D eigenvalue weighted by atomic mass is 16.2. The van der Waals surface area contributed by atoms with Crippen molar-refractivity contribution < 1.29 is 9.59 Å². The van der Waals surface area contributed by atoms with Crippen LogP contribution in [-0.4, -0.2) is 51.9 Å². The molecule has 152 valence electrons. The van der Waals surface area contributed by atoms with E-state index in [9.17, 15) is 19.2 Å². The molecule has 0 N–H and O–H groups in total. The maximum Gasteiger partial charge on any atom is 0.330 e. The summed E-state index contributed by atoms with van der Waals surface area (Å²) in [6.07, 6.45) is 4.26. The Morgan fingerprint density at radius 2 is 1.59 bits per heavy atom. The van der Waals surface area contributed by atoms with Crippen molar-refractivity contribution in [1.82, 2.24) is 14.0 Å². The number of hydrogen-bond acceptors (Lipinski definition) is 5. The number of nitrogens with zero attached hydrogens (tertiary/aromatic N) is 4. The zero-order valence-electron chi connectivity index (χ0n) is 16.8. The van der Waals surface area contributed by atoms with Crippen LogP contribution in [-0.2, 0) is 18.9 Å². The molecule has 0 atom stereocenters. The number of aryl methyl sites for hydroxylation is 1. The molecule has 0 unspecified atom stereocenters. The summed E-state index contributed by atoms with van der Waals surface area (Å²) >= 11 is 0. The minimum atomic E-state index is -0.434. The van der Waals surface area contributed by atoms with Crippen molar-refractivity contribution in [1.29, 1.82) is 0 Å². The van der Waals surface area contributed by atoms with E-state index in [1.54, 1.807) is 11.9 Å². The van der Waals surface area contributed by atoms with E-state index in [2.05, 4.69) is 4.90 Å². The van der Waals surface area contributed by atoms with Crippen LogP contribution < -0.4 is 16.1 Å². The first kappa shape index (κ1) is 20.3. The van der Waals surface area contributed by atoms with Crippen molar-refractivity contribution in [3.63, 3.8) is 0 Å². The highest BCUT2D eigenvalue weighted by Gasteiger charge is 2.20. The van der Waals surface area contributed by atoms with Gasteiger partial charge in [0.2, 0.25) is 5.91 Å². The second-order valence-electron chi connectivity index (χ2n) is 7.09. The first-order chi connectivity index (χ1) is 13.8. The molecule has 1 fully saturated rings. The number of carbonyl (C=O) groups is 2. The molecule has 1 aromatic heterocycles. The second-order valence-corrected chi connectivity index (χ2v) is 7.09. The van der Waals surface area contributed by atoms with Gasteiger partial charge >= 0.3 is 5.69 Å². The van der Waals surface area contributed by atoms with Gasteiger partial charge in [-0.1, -0.05) is 0 Å². The maximum atomic E-state index is 12.5. The van der Waals surface area contributed by atoms with E-state index in [-0.39, 0.29) is 17.3 Å². The van der Waals surface area contributed by atoms with Crippen LogP contribution >= 0.6 is 0 Å². The Hall–Kier alpha value is -3.42. The molecule has 8 nitrogen and oxygen atoms in total. The molecule has 3 rings (SSSR count). The highest BCUT2D eigenvalue weighted by Crippen LogP contribution is 2.18. The third kappa shape index (κ3) is 4.37. The molecule has 1 aliphatic rings. The molecule has 2 heterocycles. The summed E-state index contributed by atoms with van der Waals surface area (Å²) in [7, 11) is 2.97. The number of carbonyl (C=O) groups excluding carboxylic acids is 2. The van der Waals surface area contributed by atoms with Crippen molar-refractivity contribution in [2.75, 3.05) is 31.1 Å². The molecule has 2 aromatic rings. The van der Waals surface area contributed by atoms with Crippen LogP contribution in [0.4, 0.5) is 5.69 Å². The Morgan fingerprint density at radius 1 is 0.966 bits per heavy atom. The average Bonchev–Trinajstić information content (AvgIpc) is 2.73. The summed E-state index contributed by atoms with van der Waals surface area (Å²) in [4.78, 5) is 51.6. The molecule has 0 spiro atoms. The zero-order chi connectivity index (χ0) is 21.1. The fraction of sp³-hybridized carbons (Fsp3) is 0.333. The van der Waals surface area contributed by atoms with Gasteiger partial charge in [-0.05, 0) is 37.3 Å². The first-order valence-electron chi connectivity index (χ1n) is 9.37. The molecule has 8 heteroatoms. The molecule has 1 aliphatic heterocycles. The fourth-order valence-corrected chi connectivity index (χ4v) is 3.31. The summed E-state index contributed by atoms with van der Waals surface area (Å²) in [5, 5.41) is 0. The smallest absolute Gasteiger partial charge is 0.330 e. The Morgan fingerprint density at radius 3 is 2.17 bits per heavy atom. The van der Waals surface area contributed by atoms with E-state index in [4.69, 9.17) is 0 Å². The van der Waals surface area contributed by atoms with Gasteiger partial charge in [0.15, 0.2) is 5.78 Å². The molecule has 0 aliphatic carbocycles. The second kappa shape index (κ2) is 8.30. The molecule has 1 aromatic carbocycles. The lowest BCUT2D eigenvalue weighted by Crippen LogP contribution is -2.48. The number of anilines is 1. The molecule has 0 radical (unpaired) electrons. The van der Waals surface area contributed by atoms with Gasteiger partial charge in [-0.2, -0.15) is 0 Å². The van der Waals surface area contributed by atoms with E-state index in [1.165, 1.54) is 36.9 Å². The van der Waals surface area contributed by atoms with Gasteiger partial charge in [0.05, 0.1) is 5.56 Å². The SMILES string of the molecule is CC(=O)c1ccc(N2CCN(C(=O)C=Cc3cn(C)c(=O)n(C)c3=O)CC2)cc1. The van der Waals surface area contributed by atoms with Gasteiger partial charge in [0.1, 0.15) is 0 Å². The van der Waals surface area contributed by atoms with E-state index in [0.717, 1.165) is 10.3 Å². The van der Waals surface area contributed by atoms with E-state index >= 15 is 0 Å². The normalized spacial score (nSPS) is 14.4. The number of piperazine rings is 1. The standard InChI is InChI=1S/C21H24N4O4/c1-15(26)16-4-7-18(8-5-16)24-10-12-25(13-11-24)19(27)9-6-17-14-22(2)21(29)23(3)20(17)28/h4-9,14H,10-13H2,1-3H3. The summed E-state index contributed by atoms with van der Waals surface area (Å²) in [5.74, 6) is -0.139. The lowest BCUT2D eigenvalue weighted by atomic mass is 10.1. The molecule has 0 bridgehead atoms. The quantitative estimate of drug-likeness (QED) is 0.560. The van der Waals surface area contributed by atoms with Crippen molar-refractivity contribution in [2.45, 2.75) is 6.92 Å². The summed E-state index contributed by atoms with van der Waals surface area (Å²) < 4.78 is 2.32. The van der Waals surface area contributed by atoms with Gasteiger partial charge < -0.3 is 14.4 Å². The number of amides is 1. The van der Waals surface area contributed by atoms with Gasteiger partial charge in [-0.3, -0.25) is 19.0 Å². The minimum absolute atomic E-state index is 0.0343. The van der Waals surface area contributed by atoms with Crippen molar-refractivity contribution in [2.24, 2.45) is 14.1 Å². The van der Waals surface area contributed by atoms with Gasteiger partial charge in [-0.25, -0.2) is 4.79 Å². The number of Topliss-reactive ketones (excluding diaryl/α,β-unsaturated/α-hetero) is 1.